The Labute approximate surface area is 70.6 Å². The molecule has 3 N–H and O–H groups in total. The van der Waals surface area contributed by atoms with Gasteiger partial charge in [0.05, 0.1) is 11.9 Å². The van der Waals surface area contributed by atoms with E-state index in [1.807, 2.05) is 5.43 Å². The molecule has 0 aromatic heterocycles. The fourth-order valence-corrected chi connectivity index (χ4v) is 0.810. The van der Waals surface area contributed by atoms with E-state index in [0.717, 1.165) is 12.2 Å². The summed E-state index contributed by atoms with van der Waals surface area (Å²) in [6, 6.07) is 0. The van der Waals surface area contributed by atoms with E-state index < -0.39 is 23.1 Å². The van der Waals surface area contributed by atoms with Gasteiger partial charge < -0.3 is 5.73 Å². The van der Waals surface area contributed by atoms with Crippen LogP contribution in [0.5, 0.6) is 0 Å². The number of hydrogen-bond donors (Lipinski definition) is 2. The third-order valence-electron chi connectivity index (χ3n) is 1.30. The molecule has 0 aliphatic carbocycles. The third kappa shape index (κ3) is 1.70. The predicted molar refractivity (Wildman–Crippen MR) is 38.1 cm³/mol. The van der Waals surface area contributed by atoms with Crippen LogP contribution in [-0.4, -0.2) is 18.3 Å². The Bertz CT molecular complexity index is 336. The Morgan fingerprint density at radius 3 is 2.54 bits per heavy atom. The Balaban J connectivity index is 3.28. The minimum absolute atomic E-state index is 0.607. The molecule has 1 rings (SSSR count). The van der Waals surface area contributed by atoms with Gasteiger partial charge in [-0.1, -0.05) is 0 Å². The van der Waals surface area contributed by atoms with Crippen molar-refractivity contribution in [3.8, 4) is 0 Å². The number of hydrazone groups is 1. The lowest BCUT2D eigenvalue weighted by molar-refractivity contribution is -0.0904. The van der Waals surface area contributed by atoms with Crippen molar-refractivity contribution < 1.29 is 18.0 Å². The van der Waals surface area contributed by atoms with Crippen LogP contribution in [0.2, 0.25) is 0 Å². The van der Waals surface area contributed by atoms with E-state index in [0.29, 0.717) is 0 Å². The maximum absolute atomic E-state index is 12.2. The zero-order valence-electron chi connectivity index (χ0n) is 6.14. The summed E-state index contributed by atoms with van der Waals surface area (Å²) in [6.07, 6.45) is -3.90. The van der Waals surface area contributed by atoms with E-state index >= 15 is 0 Å². The van der Waals surface area contributed by atoms with Gasteiger partial charge in [0.25, 0.3) is 0 Å². The second-order valence-electron chi connectivity index (χ2n) is 2.18. The van der Waals surface area contributed by atoms with Crippen molar-refractivity contribution in [3.05, 3.63) is 17.0 Å². The molecule has 0 radical (unpaired) electrons. The number of carbonyl (C=O) groups excluding carboxylic acids is 1. The second kappa shape index (κ2) is 2.95. The van der Waals surface area contributed by atoms with Gasteiger partial charge in [0, 0.05) is 0 Å². The summed E-state index contributed by atoms with van der Waals surface area (Å²) >= 11 is 0. The first-order valence-corrected chi connectivity index (χ1v) is 3.08. The molecule has 0 unspecified atom stereocenters. The number of hydrogen-bond acceptors (Lipinski definition) is 4. The molecule has 1 aliphatic rings. The molecule has 0 amide bonds. The van der Waals surface area contributed by atoms with E-state index in [4.69, 9.17) is 5.73 Å². The standard InChI is InChI=1S/C6H4F3N3O/c7-6(8,9)5-3(10)1-11-12-4(5)2-13/h1,12H,10H2. The molecule has 0 aromatic carbocycles. The smallest absolute Gasteiger partial charge is 0.397 e. The van der Waals surface area contributed by atoms with Crippen LogP contribution < -0.4 is 11.2 Å². The summed E-state index contributed by atoms with van der Waals surface area (Å²) < 4.78 is 36.6. The first-order chi connectivity index (χ1) is 5.96. The minimum Gasteiger partial charge on any atom is -0.397 e. The molecule has 0 aromatic rings. The topological polar surface area (TPSA) is 67.5 Å². The van der Waals surface area contributed by atoms with Gasteiger partial charge in [0.2, 0.25) is 0 Å². The zero-order chi connectivity index (χ0) is 10.1. The summed E-state index contributed by atoms with van der Waals surface area (Å²) in [6.45, 7) is 0. The van der Waals surface area contributed by atoms with Gasteiger partial charge in [-0.2, -0.15) is 18.3 Å². The molecule has 7 heteroatoms. The Kier molecular flexibility index (Phi) is 2.12. The lowest BCUT2D eigenvalue weighted by Gasteiger charge is -2.16. The van der Waals surface area contributed by atoms with E-state index in [-0.39, 0.29) is 0 Å². The normalized spacial score (nSPS) is 17.0. The lowest BCUT2D eigenvalue weighted by atomic mass is 10.1. The van der Waals surface area contributed by atoms with Crippen molar-refractivity contribution in [2.75, 3.05) is 0 Å². The molecule has 0 saturated carbocycles. The highest BCUT2D eigenvalue weighted by molar-refractivity contribution is 5.83. The average molecular weight is 191 g/mol. The molecule has 0 fully saturated rings. The Morgan fingerprint density at radius 2 is 2.15 bits per heavy atom. The van der Waals surface area contributed by atoms with Gasteiger partial charge >= 0.3 is 6.18 Å². The molecule has 0 bridgehead atoms. The van der Waals surface area contributed by atoms with Crippen LogP contribution >= 0.6 is 0 Å². The van der Waals surface area contributed by atoms with Crippen LogP contribution in [0.4, 0.5) is 13.2 Å². The molecule has 1 heterocycles. The van der Waals surface area contributed by atoms with E-state index in [1.165, 1.54) is 0 Å². The highest BCUT2D eigenvalue weighted by atomic mass is 19.4. The molecule has 70 valence electrons. The van der Waals surface area contributed by atoms with Crippen LogP contribution in [0.1, 0.15) is 0 Å². The highest BCUT2D eigenvalue weighted by Crippen LogP contribution is 2.31. The largest absolute Gasteiger partial charge is 0.421 e. The van der Waals surface area contributed by atoms with Crippen LogP contribution in [0.3, 0.4) is 0 Å². The lowest BCUT2D eigenvalue weighted by Crippen LogP contribution is -2.29. The number of nitrogens with zero attached hydrogens (tertiary/aromatic N) is 1. The highest BCUT2D eigenvalue weighted by Gasteiger charge is 2.40. The first-order valence-electron chi connectivity index (χ1n) is 3.08. The number of allylic oxidation sites excluding steroid dienone is 2. The summed E-state index contributed by atoms with van der Waals surface area (Å²) in [5.41, 5.74) is 4.22. The average Bonchev–Trinajstić information content (AvgIpc) is 2.01. The zero-order valence-corrected chi connectivity index (χ0v) is 6.14. The van der Waals surface area contributed by atoms with E-state index in [2.05, 4.69) is 5.10 Å². The first kappa shape index (κ1) is 9.34. The van der Waals surface area contributed by atoms with Gasteiger partial charge in [-0.05, 0) is 0 Å². The Morgan fingerprint density at radius 1 is 1.54 bits per heavy atom. The summed E-state index contributed by atoms with van der Waals surface area (Å²) in [5.74, 6) is 1.07. The monoisotopic (exact) mass is 191 g/mol. The molecule has 4 nitrogen and oxygen atoms in total. The molecular formula is C6H4F3N3O. The minimum atomic E-state index is -4.68. The third-order valence-corrected chi connectivity index (χ3v) is 1.30. The molecule has 0 atom stereocenters. The van der Waals surface area contributed by atoms with Crippen molar-refractivity contribution in [2.45, 2.75) is 6.18 Å². The van der Waals surface area contributed by atoms with Gasteiger partial charge in [-0.15, -0.1) is 0 Å². The van der Waals surface area contributed by atoms with Crippen LogP contribution in [-0.2, 0) is 4.79 Å². The predicted octanol–water partition coefficient (Wildman–Crippen LogP) is 0.0660. The summed E-state index contributed by atoms with van der Waals surface area (Å²) in [5, 5.41) is 3.22. The van der Waals surface area contributed by atoms with Crippen molar-refractivity contribution in [1.82, 2.24) is 5.43 Å². The second-order valence-corrected chi connectivity index (χ2v) is 2.18. The van der Waals surface area contributed by atoms with Gasteiger partial charge in [0.1, 0.15) is 5.57 Å². The maximum atomic E-state index is 12.2. The van der Waals surface area contributed by atoms with Crippen molar-refractivity contribution >= 4 is 12.2 Å². The maximum Gasteiger partial charge on any atom is 0.421 e. The number of rotatable bonds is 0. The molecular weight excluding hydrogens is 187 g/mol. The van der Waals surface area contributed by atoms with Gasteiger partial charge in [0.15, 0.2) is 11.6 Å². The molecule has 0 saturated heterocycles. The van der Waals surface area contributed by atoms with Gasteiger partial charge in [-0.25, -0.2) is 4.79 Å². The van der Waals surface area contributed by atoms with Crippen LogP contribution in [0.15, 0.2) is 22.1 Å². The Hall–Kier alpha value is -1.75. The summed E-state index contributed by atoms with van der Waals surface area (Å²) in [7, 11) is 0. The van der Waals surface area contributed by atoms with Crippen LogP contribution in [0, 0.1) is 0 Å². The summed E-state index contributed by atoms with van der Waals surface area (Å²) in [4.78, 5) is 10.1. The van der Waals surface area contributed by atoms with Crippen molar-refractivity contribution in [2.24, 2.45) is 10.8 Å². The van der Waals surface area contributed by atoms with Gasteiger partial charge in [-0.3, -0.25) is 5.43 Å². The van der Waals surface area contributed by atoms with Crippen molar-refractivity contribution in [3.63, 3.8) is 0 Å². The molecule has 13 heavy (non-hydrogen) atoms. The SMILES string of the molecule is NC1=C(C(F)(F)F)C(=C=O)NN=C1. The van der Waals surface area contributed by atoms with E-state index in [9.17, 15) is 18.0 Å². The number of halogens is 3. The molecule has 0 spiro atoms. The fourth-order valence-electron chi connectivity index (χ4n) is 0.810. The number of alkyl halides is 3. The molecule has 1 aliphatic heterocycles. The number of nitrogens with one attached hydrogen (secondary N) is 1. The van der Waals surface area contributed by atoms with E-state index in [1.54, 1.807) is 0 Å². The fraction of sp³-hybridized carbons (Fsp3) is 0.167. The van der Waals surface area contributed by atoms with Crippen molar-refractivity contribution in [1.29, 1.82) is 0 Å². The quantitative estimate of drug-likeness (QED) is 0.532. The number of nitrogens with two attached hydrogens (primary N) is 1. The van der Waals surface area contributed by atoms with Crippen LogP contribution in [0.25, 0.3) is 0 Å².